The molecule has 0 unspecified atom stereocenters. The summed E-state index contributed by atoms with van der Waals surface area (Å²) >= 11 is 0. The summed E-state index contributed by atoms with van der Waals surface area (Å²) in [4.78, 5) is 29.7. The first-order chi connectivity index (χ1) is 13.9. The number of fused-ring (bicyclic) bond motifs is 3. The van der Waals surface area contributed by atoms with E-state index in [9.17, 15) is 9.59 Å². The molecule has 0 saturated heterocycles. The largest absolute Gasteiger partial charge is 0.495 e. The number of anilines is 1. The lowest BCUT2D eigenvalue weighted by molar-refractivity contribution is 0.416. The first kappa shape index (κ1) is 18.9. The molecule has 3 aromatic heterocycles. The van der Waals surface area contributed by atoms with Crippen LogP contribution in [0.25, 0.3) is 16.9 Å². The van der Waals surface area contributed by atoms with E-state index in [1.54, 1.807) is 14.2 Å². The maximum absolute atomic E-state index is 12.8. The Morgan fingerprint density at radius 2 is 1.79 bits per heavy atom. The minimum absolute atomic E-state index is 0.344. The molecule has 0 aliphatic rings. The quantitative estimate of drug-likeness (QED) is 0.551. The van der Waals surface area contributed by atoms with Crippen molar-refractivity contribution in [3.05, 3.63) is 56.5 Å². The van der Waals surface area contributed by atoms with Gasteiger partial charge in [0, 0.05) is 38.6 Å². The van der Waals surface area contributed by atoms with Gasteiger partial charge in [0.25, 0.3) is 5.56 Å². The lowest BCUT2D eigenvalue weighted by Gasteiger charge is -2.12. The van der Waals surface area contributed by atoms with Gasteiger partial charge in [-0.1, -0.05) is 12.1 Å². The van der Waals surface area contributed by atoms with Crippen molar-refractivity contribution in [2.24, 2.45) is 14.1 Å². The number of para-hydroxylation sites is 2. The summed E-state index contributed by atoms with van der Waals surface area (Å²) in [7, 11) is 4.76. The van der Waals surface area contributed by atoms with Crippen LogP contribution in [0.5, 0.6) is 5.75 Å². The first-order valence-corrected chi connectivity index (χ1v) is 9.37. The Kier molecular flexibility index (Phi) is 4.45. The van der Waals surface area contributed by atoms with E-state index < -0.39 is 0 Å². The Hall–Kier alpha value is -3.49. The Labute approximate surface area is 166 Å². The van der Waals surface area contributed by atoms with E-state index in [1.165, 1.54) is 11.6 Å². The molecular weight excluding hydrogens is 372 g/mol. The van der Waals surface area contributed by atoms with Crippen molar-refractivity contribution in [2.45, 2.75) is 20.4 Å². The van der Waals surface area contributed by atoms with Crippen LogP contribution in [0.2, 0.25) is 0 Å². The molecule has 1 N–H and O–H groups in total. The number of benzene rings is 1. The van der Waals surface area contributed by atoms with Gasteiger partial charge < -0.3 is 14.6 Å². The van der Waals surface area contributed by atoms with Crippen LogP contribution in [0.15, 0.2) is 33.9 Å². The third kappa shape index (κ3) is 2.72. The minimum Gasteiger partial charge on any atom is -0.495 e. The second kappa shape index (κ2) is 6.84. The third-order valence-corrected chi connectivity index (χ3v) is 5.50. The summed E-state index contributed by atoms with van der Waals surface area (Å²) in [5.41, 5.74) is 2.94. The zero-order valence-electron chi connectivity index (χ0n) is 17.2. The summed E-state index contributed by atoms with van der Waals surface area (Å²) in [6.07, 6.45) is 0. The second-order valence-corrected chi connectivity index (χ2v) is 7.07. The van der Waals surface area contributed by atoms with Crippen molar-refractivity contribution in [2.75, 3.05) is 19.0 Å². The standard InChI is InChI=1S/C20H24N6O3/c1-12-13(2)26-16-17(23(3)20(28)24(4)18(16)27)22-19(26)25(12)11-10-21-14-8-6-7-9-15(14)29-5/h6-9,21H,10-11H2,1-5H3. The molecule has 29 heavy (non-hydrogen) atoms. The summed E-state index contributed by atoms with van der Waals surface area (Å²) < 4.78 is 11.8. The molecule has 0 atom stereocenters. The number of rotatable bonds is 5. The van der Waals surface area contributed by atoms with Gasteiger partial charge in [0.2, 0.25) is 5.78 Å². The van der Waals surface area contributed by atoms with Gasteiger partial charge >= 0.3 is 5.69 Å². The zero-order valence-corrected chi connectivity index (χ0v) is 17.2. The number of aryl methyl sites for hydroxylation is 2. The lowest BCUT2D eigenvalue weighted by atomic mass is 10.3. The predicted molar refractivity (Wildman–Crippen MR) is 112 cm³/mol. The van der Waals surface area contributed by atoms with Crippen LogP contribution in [-0.4, -0.2) is 36.7 Å². The monoisotopic (exact) mass is 396 g/mol. The number of nitrogens with one attached hydrogen (secondary N) is 1. The van der Waals surface area contributed by atoms with E-state index >= 15 is 0 Å². The molecule has 0 radical (unpaired) electrons. The minimum atomic E-state index is -0.387. The Bertz CT molecular complexity index is 1360. The van der Waals surface area contributed by atoms with Crippen LogP contribution in [-0.2, 0) is 20.6 Å². The second-order valence-electron chi connectivity index (χ2n) is 7.07. The molecule has 4 aromatic rings. The van der Waals surface area contributed by atoms with Gasteiger partial charge in [0.1, 0.15) is 5.75 Å². The summed E-state index contributed by atoms with van der Waals surface area (Å²) in [5, 5.41) is 3.38. The molecule has 9 nitrogen and oxygen atoms in total. The van der Waals surface area contributed by atoms with Crippen LogP contribution in [0.4, 0.5) is 5.69 Å². The van der Waals surface area contributed by atoms with Crippen LogP contribution in [0, 0.1) is 13.8 Å². The summed E-state index contributed by atoms with van der Waals surface area (Å²) in [6.45, 7) is 5.24. The highest BCUT2D eigenvalue weighted by Crippen LogP contribution is 2.24. The maximum Gasteiger partial charge on any atom is 0.332 e. The number of hydrogen-bond donors (Lipinski definition) is 1. The first-order valence-electron chi connectivity index (χ1n) is 9.37. The summed E-state index contributed by atoms with van der Waals surface area (Å²) in [6, 6.07) is 7.74. The molecule has 0 fully saturated rings. The normalized spacial score (nSPS) is 11.5. The molecule has 4 rings (SSSR count). The number of hydrogen-bond acceptors (Lipinski definition) is 5. The number of methoxy groups -OCH3 is 1. The third-order valence-electron chi connectivity index (χ3n) is 5.50. The van der Waals surface area contributed by atoms with Crippen molar-refractivity contribution < 1.29 is 4.74 Å². The number of aromatic nitrogens is 5. The predicted octanol–water partition coefficient (Wildman–Crippen LogP) is 1.42. The van der Waals surface area contributed by atoms with Crippen molar-refractivity contribution >= 4 is 22.6 Å². The Morgan fingerprint density at radius 3 is 2.52 bits per heavy atom. The fourth-order valence-electron chi connectivity index (χ4n) is 3.75. The van der Waals surface area contributed by atoms with Crippen LogP contribution >= 0.6 is 0 Å². The number of imidazole rings is 2. The highest BCUT2D eigenvalue weighted by Gasteiger charge is 2.21. The average molecular weight is 396 g/mol. The zero-order chi connectivity index (χ0) is 20.9. The fraction of sp³-hybridized carbons (Fsp3) is 0.350. The molecule has 0 amide bonds. The van der Waals surface area contributed by atoms with Gasteiger partial charge in [-0.25, -0.2) is 4.79 Å². The van der Waals surface area contributed by atoms with Gasteiger partial charge in [0.15, 0.2) is 11.2 Å². The highest BCUT2D eigenvalue weighted by atomic mass is 16.5. The smallest absolute Gasteiger partial charge is 0.332 e. The van der Waals surface area contributed by atoms with E-state index in [0.717, 1.165) is 27.4 Å². The van der Waals surface area contributed by atoms with E-state index in [2.05, 4.69) is 14.9 Å². The SMILES string of the molecule is COc1ccccc1NCCn1c(C)c(C)n2c3c(=O)n(C)c(=O)n(C)c3nc12. The molecule has 0 bridgehead atoms. The fourth-order valence-corrected chi connectivity index (χ4v) is 3.75. The molecule has 0 aliphatic carbocycles. The lowest BCUT2D eigenvalue weighted by Crippen LogP contribution is -2.37. The van der Waals surface area contributed by atoms with Crippen LogP contribution in [0.1, 0.15) is 11.4 Å². The molecular formula is C20H24N6O3. The maximum atomic E-state index is 12.8. The van der Waals surface area contributed by atoms with E-state index in [1.807, 2.05) is 42.5 Å². The van der Waals surface area contributed by atoms with Crippen molar-refractivity contribution in [3.63, 3.8) is 0 Å². The van der Waals surface area contributed by atoms with Crippen LogP contribution < -0.4 is 21.3 Å². The van der Waals surface area contributed by atoms with Crippen LogP contribution in [0.3, 0.4) is 0 Å². The van der Waals surface area contributed by atoms with Crippen molar-refractivity contribution in [1.82, 2.24) is 23.1 Å². The molecule has 0 aliphatic heterocycles. The van der Waals surface area contributed by atoms with Crippen molar-refractivity contribution in [1.29, 1.82) is 0 Å². The van der Waals surface area contributed by atoms with Gasteiger partial charge in [-0.05, 0) is 26.0 Å². The highest BCUT2D eigenvalue weighted by molar-refractivity contribution is 5.76. The molecule has 0 spiro atoms. The number of ether oxygens (including phenoxy) is 1. The average Bonchev–Trinajstić information content (AvgIpc) is 3.22. The van der Waals surface area contributed by atoms with Gasteiger partial charge in [-0.2, -0.15) is 4.98 Å². The Balaban J connectivity index is 1.78. The Morgan fingerprint density at radius 1 is 1.07 bits per heavy atom. The van der Waals surface area contributed by atoms with E-state index in [-0.39, 0.29) is 11.2 Å². The van der Waals surface area contributed by atoms with Crippen molar-refractivity contribution in [3.8, 4) is 5.75 Å². The number of nitrogens with zero attached hydrogens (tertiary/aromatic N) is 5. The van der Waals surface area contributed by atoms with E-state index in [0.29, 0.717) is 30.0 Å². The van der Waals surface area contributed by atoms with Gasteiger partial charge in [-0.3, -0.25) is 18.3 Å². The topological polar surface area (TPSA) is 87.5 Å². The molecule has 0 saturated carbocycles. The molecule has 9 heteroatoms. The van der Waals surface area contributed by atoms with Gasteiger partial charge in [-0.15, -0.1) is 0 Å². The molecule has 152 valence electrons. The van der Waals surface area contributed by atoms with E-state index in [4.69, 9.17) is 4.74 Å². The molecule has 1 aromatic carbocycles. The molecule has 3 heterocycles. The van der Waals surface area contributed by atoms with Gasteiger partial charge in [0.05, 0.1) is 12.8 Å². The summed E-state index contributed by atoms with van der Waals surface area (Å²) in [5.74, 6) is 1.43.